The summed E-state index contributed by atoms with van der Waals surface area (Å²) in [4.78, 5) is 41.3. The van der Waals surface area contributed by atoms with E-state index >= 15 is 0 Å². The van der Waals surface area contributed by atoms with Gasteiger partial charge < -0.3 is 10.1 Å². The van der Waals surface area contributed by atoms with Crippen LogP contribution < -0.4 is 10.9 Å². The van der Waals surface area contributed by atoms with E-state index in [4.69, 9.17) is 0 Å². The van der Waals surface area contributed by atoms with Crippen LogP contribution in [0.15, 0.2) is 34.2 Å². The lowest BCUT2D eigenvalue weighted by molar-refractivity contribution is -0.141. The van der Waals surface area contributed by atoms with Crippen LogP contribution >= 0.6 is 11.8 Å². The molecule has 148 valence electrons. The van der Waals surface area contributed by atoms with Gasteiger partial charge in [-0.3, -0.25) is 19.0 Å². The largest absolute Gasteiger partial charge is 0.468 e. The van der Waals surface area contributed by atoms with Gasteiger partial charge in [-0.1, -0.05) is 37.7 Å². The van der Waals surface area contributed by atoms with Crippen LogP contribution in [0.1, 0.15) is 20.8 Å². The zero-order valence-electron chi connectivity index (χ0n) is 16.2. The number of methoxy groups -OCH3 is 1. The Hall–Kier alpha value is -2.86. The van der Waals surface area contributed by atoms with Gasteiger partial charge in [0.25, 0.3) is 5.56 Å². The van der Waals surface area contributed by atoms with E-state index in [1.165, 1.54) is 11.7 Å². The summed E-state index contributed by atoms with van der Waals surface area (Å²) in [5.41, 5.74) is -0.913. The number of amides is 1. The number of fused-ring (bicyclic) bond motifs is 1. The van der Waals surface area contributed by atoms with Gasteiger partial charge in [-0.25, -0.2) is 4.98 Å². The van der Waals surface area contributed by atoms with Gasteiger partial charge in [0.1, 0.15) is 12.1 Å². The monoisotopic (exact) mass is 402 g/mol. The smallest absolute Gasteiger partial charge is 0.325 e. The van der Waals surface area contributed by atoms with Gasteiger partial charge in [-0.2, -0.15) is 5.26 Å². The zero-order valence-corrected chi connectivity index (χ0v) is 17.0. The number of aromatic nitrogens is 2. The molecule has 1 atom stereocenters. The van der Waals surface area contributed by atoms with E-state index in [9.17, 15) is 19.6 Å². The number of thioether (sulfide) groups is 1. The maximum Gasteiger partial charge on any atom is 0.325 e. The Morgan fingerprint density at radius 2 is 2.07 bits per heavy atom. The maximum atomic E-state index is 12.8. The number of carbonyl (C=O) groups excluding carboxylic acids is 2. The molecule has 0 saturated carbocycles. The average Bonchev–Trinajstić information content (AvgIpc) is 2.68. The highest BCUT2D eigenvalue weighted by atomic mass is 32.2. The third-order valence-corrected chi connectivity index (χ3v) is 5.44. The van der Waals surface area contributed by atoms with Gasteiger partial charge in [0, 0.05) is 0 Å². The molecular weight excluding hydrogens is 380 g/mol. The molecule has 8 nitrogen and oxygen atoms in total. The number of hydrogen-bond acceptors (Lipinski definition) is 7. The Kier molecular flexibility index (Phi) is 6.80. The van der Waals surface area contributed by atoms with Gasteiger partial charge in [-0.05, 0) is 25.0 Å². The highest BCUT2D eigenvalue weighted by Crippen LogP contribution is 2.19. The summed E-state index contributed by atoms with van der Waals surface area (Å²) in [5, 5.41) is 12.6. The molecule has 1 aromatic carbocycles. The number of nitrogens with zero attached hydrogens (tertiary/aromatic N) is 3. The summed E-state index contributed by atoms with van der Waals surface area (Å²) in [6, 6.07) is 8.89. The van der Waals surface area contributed by atoms with Gasteiger partial charge >= 0.3 is 5.97 Å². The number of hydrogen-bond donors (Lipinski definition) is 1. The highest BCUT2D eigenvalue weighted by molar-refractivity contribution is 7.99. The maximum absolute atomic E-state index is 12.8. The number of nitriles is 1. The van der Waals surface area contributed by atoms with Crippen molar-refractivity contribution >= 4 is 34.5 Å². The number of rotatable bonds is 7. The van der Waals surface area contributed by atoms with Crippen molar-refractivity contribution in [1.29, 1.82) is 5.26 Å². The number of esters is 1. The van der Waals surface area contributed by atoms with Crippen molar-refractivity contribution in [3.05, 3.63) is 34.6 Å². The Morgan fingerprint density at radius 1 is 1.39 bits per heavy atom. The standard InChI is InChI=1S/C19H22N4O4S/c1-12(2)19(3,11-20)22-15(24)10-28-18-21-14-8-6-5-7-13(14)17(26)23(18)9-16(25)27-4/h5-8,12H,9-10H2,1-4H3,(H,22,24)/t19-/m1/s1. The van der Waals surface area contributed by atoms with Crippen LogP contribution in [0.4, 0.5) is 0 Å². The summed E-state index contributed by atoms with van der Waals surface area (Å²) in [6.07, 6.45) is 0. The third kappa shape index (κ3) is 4.70. The zero-order chi connectivity index (χ0) is 20.9. The van der Waals surface area contributed by atoms with Crippen molar-refractivity contribution in [3.8, 4) is 6.07 Å². The Bertz CT molecular complexity index is 996. The van der Waals surface area contributed by atoms with Crippen LogP contribution in [-0.2, 0) is 20.9 Å². The summed E-state index contributed by atoms with van der Waals surface area (Å²) < 4.78 is 5.85. The minimum absolute atomic E-state index is 0.0596. The lowest BCUT2D eigenvalue weighted by Gasteiger charge is -2.27. The van der Waals surface area contributed by atoms with Crippen molar-refractivity contribution < 1.29 is 14.3 Å². The van der Waals surface area contributed by atoms with E-state index in [0.29, 0.717) is 10.9 Å². The highest BCUT2D eigenvalue weighted by Gasteiger charge is 2.30. The molecule has 0 radical (unpaired) electrons. The fourth-order valence-electron chi connectivity index (χ4n) is 2.35. The fourth-order valence-corrected chi connectivity index (χ4v) is 3.15. The first-order valence-electron chi connectivity index (χ1n) is 8.63. The Morgan fingerprint density at radius 3 is 2.68 bits per heavy atom. The second kappa shape index (κ2) is 8.89. The number of ether oxygens (including phenoxy) is 1. The molecule has 0 saturated heterocycles. The van der Waals surface area contributed by atoms with Crippen LogP contribution in [0.5, 0.6) is 0 Å². The molecule has 0 fully saturated rings. The van der Waals surface area contributed by atoms with E-state index in [1.54, 1.807) is 31.2 Å². The SMILES string of the molecule is COC(=O)Cn1c(SCC(=O)N[C@](C)(C#N)C(C)C)nc2ccccc2c1=O. The van der Waals surface area contributed by atoms with Crippen molar-refractivity contribution in [1.82, 2.24) is 14.9 Å². The Balaban J connectivity index is 2.31. The first-order chi connectivity index (χ1) is 13.2. The summed E-state index contributed by atoms with van der Waals surface area (Å²) in [6.45, 7) is 5.03. The van der Waals surface area contributed by atoms with Crippen LogP contribution in [0.3, 0.4) is 0 Å². The third-order valence-electron chi connectivity index (χ3n) is 4.46. The van der Waals surface area contributed by atoms with Crippen LogP contribution in [0.2, 0.25) is 0 Å². The average molecular weight is 402 g/mol. The molecule has 28 heavy (non-hydrogen) atoms. The van der Waals surface area contributed by atoms with Crippen molar-refractivity contribution in [2.75, 3.05) is 12.9 Å². The quantitative estimate of drug-likeness (QED) is 0.426. The van der Waals surface area contributed by atoms with E-state index in [2.05, 4.69) is 21.1 Å². The Labute approximate surface area is 166 Å². The molecule has 1 N–H and O–H groups in total. The molecule has 0 bridgehead atoms. The number of carbonyl (C=O) groups is 2. The second-order valence-corrected chi connectivity index (χ2v) is 7.63. The van der Waals surface area contributed by atoms with Crippen LogP contribution in [0.25, 0.3) is 10.9 Å². The molecule has 0 spiro atoms. The first kappa shape index (κ1) is 21.4. The molecular formula is C19H22N4O4S. The van der Waals surface area contributed by atoms with Gasteiger partial charge in [0.2, 0.25) is 5.91 Å². The lowest BCUT2D eigenvalue weighted by atomic mass is 9.90. The minimum Gasteiger partial charge on any atom is -0.468 e. The summed E-state index contributed by atoms with van der Waals surface area (Å²) >= 11 is 1.02. The molecule has 1 heterocycles. The molecule has 2 rings (SSSR count). The number of para-hydroxylation sites is 1. The second-order valence-electron chi connectivity index (χ2n) is 6.68. The molecule has 0 aliphatic rings. The topological polar surface area (TPSA) is 114 Å². The molecule has 2 aromatic rings. The van der Waals surface area contributed by atoms with Gasteiger partial charge in [-0.15, -0.1) is 0 Å². The molecule has 0 aliphatic heterocycles. The summed E-state index contributed by atoms with van der Waals surface area (Å²) in [5.74, 6) is -1.10. The molecule has 0 aliphatic carbocycles. The van der Waals surface area contributed by atoms with Gasteiger partial charge in [0.15, 0.2) is 5.16 Å². The number of benzene rings is 1. The lowest BCUT2D eigenvalue weighted by Crippen LogP contribution is -2.49. The number of nitrogens with one attached hydrogen (secondary N) is 1. The molecule has 1 amide bonds. The fraction of sp³-hybridized carbons (Fsp3) is 0.421. The minimum atomic E-state index is -1.000. The normalized spacial score (nSPS) is 13.0. The van der Waals surface area contributed by atoms with Crippen LogP contribution in [0, 0.1) is 17.2 Å². The molecule has 0 unspecified atom stereocenters. The summed E-state index contributed by atoms with van der Waals surface area (Å²) in [7, 11) is 1.23. The van der Waals surface area contributed by atoms with Crippen molar-refractivity contribution in [2.45, 2.75) is 38.0 Å². The van der Waals surface area contributed by atoms with E-state index < -0.39 is 11.5 Å². The van der Waals surface area contributed by atoms with E-state index in [0.717, 1.165) is 11.8 Å². The van der Waals surface area contributed by atoms with Crippen molar-refractivity contribution in [3.63, 3.8) is 0 Å². The van der Waals surface area contributed by atoms with E-state index in [1.807, 2.05) is 13.8 Å². The van der Waals surface area contributed by atoms with Crippen molar-refractivity contribution in [2.24, 2.45) is 5.92 Å². The first-order valence-corrected chi connectivity index (χ1v) is 9.62. The van der Waals surface area contributed by atoms with E-state index in [-0.39, 0.29) is 34.8 Å². The predicted molar refractivity (Wildman–Crippen MR) is 106 cm³/mol. The molecule has 9 heteroatoms. The predicted octanol–water partition coefficient (Wildman–Crippen LogP) is 1.72. The van der Waals surface area contributed by atoms with Gasteiger partial charge in [0.05, 0.1) is 29.8 Å². The van der Waals surface area contributed by atoms with Crippen LogP contribution in [-0.4, -0.2) is 39.8 Å². The molecule has 1 aromatic heterocycles.